The quantitative estimate of drug-likeness (QED) is 0.508. The Balaban J connectivity index is 2.00. The van der Waals surface area contributed by atoms with Gasteiger partial charge in [-0.05, 0) is 19.4 Å². The fourth-order valence-electron chi connectivity index (χ4n) is 2.21. The number of hydrogen-bond donors (Lipinski definition) is 2. The number of ether oxygens (including phenoxy) is 1. The average Bonchev–Trinajstić information content (AvgIpc) is 2.84. The average molecular weight is 276 g/mol. The summed E-state index contributed by atoms with van der Waals surface area (Å²) < 4.78 is 5.60. The number of benzene rings is 1. The first-order chi connectivity index (χ1) is 9.28. The van der Waals surface area contributed by atoms with Gasteiger partial charge < -0.3 is 4.74 Å². The maximum absolute atomic E-state index is 5.60. The zero-order chi connectivity index (χ0) is 13.2. The summed E-state index contributed by atoms with van der Waals surface area (Å²) in [6, 6.07) is 7.97. The summed E-state index contributed by atoms with van der Waals surface area (Å²) in [5, 5.41) is 2.45. The molecular formula is C13H16N4OS. The lowest BCUT2D eigenvalue weighted by molar-refractivity contribution is 0.127. The number of thioether (sulfide) groups is 1. The third-order valence-electron chi connectivity index (χ3n) is 3.27. The molecule has 1 saturated heterocycles. The maximum Gasteiger partial charge on any atom is 0.238 e. The fraction of sp³-hybridized carbons (Fsp3) is 0.385. The molecule has 3 N–H and O–H groups in total. The van der Waals surface area contributed by atoms with E-state index in [2.05, 4.69) is 22.3 Å². The largest absolute Gasteiger partial charge is 0.377 e. The number of hydrazine groups is 1. The van der Waals surface area contributed by atoms with E-state index in [1.54, 1.807) is 11.8 Å². The van der Waals surface area contributed by atoms with Gasteiger partial charge in [0.25, 0.3) is 0 Å². The van der Waals surface area contributed by atoms with Crippen molar-refractivity contribution in [2.24, 2.45) is 5.84 Å². The first-order valence-electron chi connectivity index (χ1n) is 6.29. The maximum atomic E-state index is 5.60. The number of nitrogens with zero attached hydrogens (tertiary/aromatic N) is 2. The van der Waals surface area contributed by atoms with Crippen LogP contribution in [0.4, 0.5) is 5.95 Å². The molecule has 2 heterocycles. The van der Waals surface area contributed by atoms with Crippen molar-refractivity contribution in [2.75, 3.05) is 12.0 Å². The third kappa shape index (κ3) is 2.51. The van der Waals surface area contributed by atoms with Gasteiger partial charge in [-0.2, -0.15) is 0 Å². The molecule has 0 aliphatic carbocycles. The van der Waals surface area contributed by atoms with Crippen LogP contribution in [0.5, 0.6) is 0 Å². The van der Waals surface area contributed by atoms with E-state index in [-0.39, 0.29) is 6.10 Å². The number of hydrogen-bond acceptors (Lipinski definition) is 6. The van der Waals surface area contributed by atoms with Crippen LogP contribution in [0.15, 0.2) is 29.3 Å². The first kappa shape index (κ1) is 12.7. The SMILES string of the molecule is CC1OCCC1Sc1nc(NN)nc2ccccc12. The van der Waals surface area contributed by atoms with Crippen molar-refractivity contribution in [2.45, 2.75) is 29.7 Å². The molecule has 2 aromatic rings. The van der Waals surface area contributed by atoms with Crippen molar-refractivity contribution < 1.29 is 4.74 Å². The molecule has 6 heteroatoms. The Morgan fingerprint density at radius 1 is 1.37 bits per heavy atom. The van der Waals surface area contributed by atoms with Gasteiger partial charge in [0.15, 0.2) is 0 Å². The Labute approximate surface area is 115 Å². The molecular weight excluding hydrogens is 260 g/mol. The Hall–Kier alpha value is -1.37. The molecule has 1 aromatic heterocycles. The van der Waals surface area contributed by atoms with Gasteiger partial charge in [-0.3, -0.25) is 5.43 Å². The number of nitrogen functional groups attached to an aromatic ring is 1. The zero-order valence-corrected chi connectivity index (χ0v) is 11.5. The van der Waals surface area contributed by atoms with E-state index >= 15 is 0 Å². The summed E-state index contributed by atoms with van der Waals surface area (Å²) in [5.74, 6) is 5.89. The van der Waals surface area contributed by atoms with Gasteiger partial charge in [0.05, 0.1) is 11.6 Å². The Morgan fingerprint density at radius 3 is 2.95 bits per heavy atom. The molecule has 1 aromatic carbocycles. The highest BCUT2D eigenvalue weighted by Gasteiger charge is 2.26. The predicted molar refractivity (Wildman–Crippen MR) is 77.0 cm³/mol. The molecule has 2 atom stereocenters. The van der Waals surface area contributed by atoms with E-state index in [0.717, 1.165) is 29.0 Å². The number of rotatable bonds is 3. The van der Waals surface area contributed by atoms with E-state index in [9.17, 15) is 0 Å². The Morgan fingerprint density at radius 2 is 2.21 bits per heavy atom. The van der Waals surface area contributed by atoms with Crippen LogP contribution in [-0.4, -0.2) is 27.9 Å². The lowest BCUT2D eigenvalue weighted by Crippen LogP contribution is -2.15. The topological polar surface area (TPSA) is 73.1 Å². The molecule has 3 rings (SSSR count). The second-order valence-corrected chi connectivity index (χ2v) is 5.76. The van der Waals surface area contributed by atoms with E-state index in [4.69, 9.17) is 10.6 Å². The summed E-state index contributed by atoms with van der Waals surface area (Å²) in [5.41, 5.74) is 3.43. The highest BCUT2D eigenvalue weighted by atomic mass is 32.2. The number of nitrogens with two attached hydrogens (primary N) is 1. The molecule has 0 spiro atoms. The molecule has 1 aliphatic rings. The van der Waals surface area contributed by atoms with Crippen LogP contribution in [0, 0.1) is 0 Å². The van der Waals surface area contributed by atoms with Crippen LogP contribution in [0.1, 0.15) is 13.3 Å². The lowest BCUT2D eigenvalue weighted by atomic mass is 10.2. The normalized spacial score (nSPS) is 22.8. The van der Waals surface area contributed by atoms with E-state index in [1.807, 2.05) is 24.3 Å². The number of para-hydroxylation sites is 1. The van der Waals surface area contributed by atoms with Crippen molar-refractivity contribution >= 4 is 28.6 Å². The highest BCUT2D eigenvalue weighted by molar-refractivity contribution is 8.00. The van der Waals surface area contributed by atoms with E-state index in [1.165, 1.54) is 0 Å². The number of nitrogens with one attached hydrogen (secondary N) is 1. The standard InChI is InChI=1S/C13H16N4OS/c1-8-11(6-7-18-8)19-12-9-4-2-3-5-10(9)15-13(16-12)17-14/h2-5,8,11H,6-7,14H2,1H3,(H,15,16,17). The molecule has 0 bridgehead atoms. The van der Waals surface area contributed by atoms with Crippen LogP contribution in [0.2, 0.25) is 0 Å². The van der Waals surface area contributed by atoms with Crippen molar-refractivity contribution in [3.05, 3.63) is 24.3 Å². The van der Waals surface area contributed by atoms with E-state index < -0.39 is 0 Å². The minimum absolute atomic E-state index is 0.257. The van der Waals surface area contributed by atoms with E-state index in [0.29, 0.717) is 11.2 Å². The van der Waals surface area contributed by atoms with Crippen molar-refractivity contribution in [3.8, 4) is 0 Å². The number of aromatic nitrogens is 2. The zero-order valence-electron chi connectivity index (χ0n) is 10.7. The van der Waals surface area contributed by atoms with Crippen molar-refractivity contribution in [3.63, 3.8) is 0 Å². The summed E-state index contributed by atoms with van der Waals surface area (Å²) in [7, 11) is 0. The van der Waals surface area contributed by atoms with Crippen LogP contribution >= 0.6 is 11.8 Å². The molecule has 0 saturated carbocycles. The summed E-state index contributed by atoms with van der Waals surface area (Å²) in [4.78, 5) is 8.83. The smallest absolute Gasteiger partial charge is 0.238 e. The third-order valence-corrected chi connectivity index (χ3v) is 4.72. The number of anilines is 1. The van der Waals surface area contributed by atoms with Gasteiger partial charge >= 0.3 is 0 Å². The molecule has 1 fully saturated rings. The molecule has 0 amide bonds. The van der Waals surface area contributed by atoms with Gasteiger partial charge in [0.1, 0.15) is 5.03 Å². The van der Waals surface area contributed by atoms with Gasteiger partial charge in [0, 0.05) is 17.2 Å². The monoisotopic (exact) mass is 276 g/mol. The van der Waals surface area contributed by atoms with Gasteiger partial charge in [0.2, 0.25) is 5.95 Å². The lowest BCUT2D eigenvalue weighted by Gasteiger charge is -2.14. The summed E-state index contributed by atoms with van der Waals surface area (Å²) in [6.45, 7) is 2.93. The van der Waals surface area contributed by atoms with Crippen LogP contribution in [0.3, 0.4) is 0 Å². The molecule has 2 unspecified atom stereocenters. The Kier molecular flexibility index (Phi) is 3.54. The first-order valence-corrected chi connectivity index (χ1v) is 7.17. The highest BCUT2D eigenvalue weighted by Crippen LogP contribution is 2.35. The molecule has 5 nitrogen and oxygen atoms in total. The molecule has 0 radical (unpaired) electrons. The van der Waals surface area contributed by atoms with Crippen LogP contribution < -0.4 is 11.3 Å². The summed E-state index contributed by atoms with van der Waals surface area (Å²) in [6.07, 6.45) is 1.31. The molecule has 100 valence electrons. The van der Waals surface area contributed by atoms with Crippen LogP contribution in [-0.2, 0) is 4.74 Å². The van der Waals surface area contributed by atoms with Gasteiger partial charge in [-0.25, -0.2) is 15.8 Å². The number of fused-ring (bicyclic) bond motifs is 1. The fourth-order valence-corrected chi connectivity index (χ4v) is 3.42. The molecule has 19 heavy (non-hydrogen) atoms. The van der Waals surface area contributed by atoms with Crippen molar-refractivity contribution in [1.29, 1.82) is 0 Å². The Bertz CT molecular complexity index is 592. The minimum Gasteiger partial charge on any atom is -0.377 e. The van der Waals surface area contributed by atoms with Gasteiger partial charge in [-0.1, -0.05) is 30.0 Å². The van der Waals surface area contributed by atoms with Gasteiger partial charge in [-0.15, -0.1) is 0 Å². The second-order valence-electron chi connectivity index (χ2n) is 4.53. The second kappa shape index (κ2) is 5.32. The van der Waals surface area contributed by atoms with Crippen molar-refractivity contribution in [1.82, 2.24) is 9.97 Å². The van der Waals surface area contributed by atoms with Crippen LogP contribution in [0.25, 0.3) is 10.9 Å². The summed E-state index contributed by atoms with van der Waals surface area (Å²) >= 11 is 1.75. The minimum atomic E-state index is 0.257. The predicted octanol–water partition coefficient (Wildman–Crippen LogP) is 2.18. The molecule has 1 aliphatic heterocycles.